The SMILES string of the molecule is CN(C)CCO[C@H]1CCOC[C@H]1NC(=O)Cc1ccc(F)cc1Cl. The fourth-order valence-electron chi connectivity index (χ4n) is 2.53. The molecule has 5 nitrogen and oxygen atoms in total. The molecule has 0 bridgehead atoms. The highest BCUT2D eigenvalue weighted by Crippen LogP contribution is 2.18. The van der Waals surface area contributed by atoms with Gasteiger partial charge in [0.15, 0.2) is 0 Å². The molecule has 2 rings (SSSR count). The molecule has 24 heavy (non-hydrogen) atoms. The normalized spacial score (nSPS) is 21.0. The number of halogens is 2. The number of hydrogen-bond acceptors (Lipinski definition) is 4. The molecule has 1 amide bonds. The van der Waals surface area contributed by atoms with Crippen molar-refractivity contribution < 1.29 is 18.7 Å². The largest absolute Gasteiger partial charge is 0.379 e. The number of nitrogens with zero attached hydrogens (tertiary/aromatic N) is 1. The van der Waals surface area contributed by atoms with Crippen molar-refractivity contribution in [1.29, 1.82) is 0 Å². The van der Waals surface area contributed by atoms with Gasteiger partial charge in [-0.3, -0.25) is 4.79 Å². The first kappa shape index (κ1) is 19.1. The maximum Gasteiger partial charge on any atom is 0.224 e. The van der Waals surface area contributed by atoms with Crippen LogP contribution in [0.15, 0.2) is 18.2 Å². The summed E-state index contributed by atoms with van der Waals surface area (Å²) in [6, 6.07) is 3.85. The Morgan fingerprint density at radius 1 is 1.50 bits per heavy atom. The van der Waals surface area contributed by atoms with E-state index in [1.54, 1.807) is 0 Å². The number of ether oxygens (including phenoxy) is 2. The molecule has 1 aliphatic rings. The van der Waals surface area contributed by atoms with Crippen molar-refractivity contribution >= 4 is 17.5 Å². The molecule has 134 valence electrons. The maximum atomic E-state index is 13.1. The van der Waals surface area contributed by atoms with E-state index in [2.05, 4.69) is 5.32 Å². The van der Waals surface area contributed by atoms with Crippen LogP contribution in [0.4, 0.5) is 4.39 Å². The van der Waals surface area contributed by atoms with Crippen LogP contribution in [0.5, 0.6) is 0 Å². The molecule has 0 aromatic heterocycles. The smallest absolute Gasteiger partial charge is 0.224 e. The first-order valence-corrected chi connectivity index (χ1v) is 8.41. The summed E-state index contributed by atoms with van der Waals surface area (Å²) >= 11 is 5.97. The molecule has 0 radical (unpaired) electrons. The average molecular weight is 359 g/mol. The van der Waals surface area contributed by atoms with E-state index in [-0.39, 0.29) is 29.5 Å². The summed E-state index contributed by atoms with van der Waals surface area (Å²) in [5, 5.41) is 3.20. The lowest BCUT2D eigenvalue weighted by Crippen LogP contribution is -2.51. The van der Waals surface area contributed by atoms with E-state index < -0.39 is 5.82 Å². The van der Waals surface area contributed by atoms with Gasteiger partial charge in [0.25, 0.3) is 0 Å². The monoisotopic (exact) mass is 358 g/mol. The Hall–Kier alpha value is -1.21. The summed E-state index contributed by atoms with van der Waals surface area (Å²) in [6.07, 6.45) is 0.779. The average Bonchev–Trinajstić information content (AvgIpc) is 2.51. The lowest BCUT2D eigenvalue weighted by molar-refractivity contribution is -0.125. The highest BCUT2D eigenvalue weighted by molar-refractivity contribution is 6.31. The number of carbonyl (C=O) groups excluding carboxylic acids is 1. The molecule has 1 heterocycles. The first-order chi connectivity index (χ1) is 11.5. The zero-order valence-corrected chi connectivity index (χ0v) is 14.8. The van der Waals surface area contributed by atoms with E-state index in [9.17, 15) is 9.18 Å². The van der Waals surface area contributed by atoms with Crippen LogP contribution < -0.4 is 5.32 Å². The predicted octanol–water partition coefficient (Wildman–Crippen LogP) is 1.87. The van der Waals surface area contributed by atoms with Gasteiger partial charge >= 0.3 is 0 Å². The van der Waals surface area contributed by atoms with Gasteiger partial charge in [-0.15, -0.1) is 0 Å². The van der Waals surface area contributed by atoms with Gasteiger partial charge in [0, 0.05) is 18.2 Å². The Morgan fingerprint density at radius 3 is 3.00 bits per heavy atom. The summed E-state index contributed by atoms with van der Waals surface area (Å²) in [5.74, 6) is -0.598. The number of hydrogen-bond donors (Lipinski definition) is 1. The molecule has 0 saturated carbocycles. The van der Waals surface area contributed by atoms with E-state index >= 15 is 0 Å². The highest BCUT2D eigenvalue weighted by atomic mass is 35.5. The Morgan fingerprint density at radius 2 is 2.29 bits per heavy atom. The number of nitrogens with one attached hydrogen (secondary N) is 1. The molecule has 1 aromatic carbocycles. The molecule has 1 aliphatic heterocycles. The summed E-state index contributed by atoms with van der Waals surface area (Å²) in [4.78, 5) is 14.3. The van der Waals surface area contributed by atoms with Crippen LogP contribution in [0.25, 0.3) is 0 Å². The first-order valence-electron chi connectivity index (χ1n) is 8.03. The van der Waals surface area contributed by atoms with Crippen LogP contribution >= 0.6 is 11.6 Å². The van der Waals surface area contributed by atoms with Crippen LogP contribution in [0.2, 0.25) is 5.02 Å². The van der Waals surface area contributed by atoms with Crippen molar-refractivity contribution in [2.45, 2.75) is 25.0 Å². The summed E-state index contributed by atoms with van der Waals surface area (Å²) in [7, 11) is 3.97. The fourth-order valence-corrected chi connectivity index (χ4v) is 2.77. The standard InChI is InChI=1S/C17H24ClFN2O3/c1-21(2)6-8-24-16-5-7-23-11-15(16)20-17(22)9-12-3-4-13(19)10-14(12)18/h3-4,10,15-16H,5-9,11H2,1-2H3,(H,20,22)/t15-,16+/m1/s1. The third-order valence-corrected chi connectivity index (χ3v) is 4.23. The number of likely N-dealkylation sites (N-methyl/N-ethyl adjacent to an activating group) is 1. The van der Waals surface area contributed by atoms with Crippen LogP contribution in [-0.4, -0.2) is 63.4 Å². The van der Waals surface area contributed by atoms with E-state index in [1.165, 1.54) is 18.2 Å². The second-order valence-corrected chi connectivity index (χ2v) is 6.57. The van der Waals surface area contributed by atoms with Crippen LogP contribution in [-0.2, 0) is 20.7 Å². The lowest BCUT2D eigenvalue weighted by Gasteiger charge is -2.32. The minimum absolute atomic E-state index is 0.0636. The zero-order chi connectivity index (χ0) is 17.5. The van der Waals surface area contributed by atoms with Crippen LogP contribution in [0.3, 0.4) is 0 Å². The van der Waals surface area contributed by atoms with Crippen molar-refractivity contribution in [3.8, 4) is 0 Å². The van der Waals surface area contributed by atoms with Gasteiger partial charge in [0.2, 0.25) is 5.91 Å². The predicted molar refractivity (Wildman–Crippen MR) is 90.8 cm³/mol. The topological polar surface area (TPSA) is 50.8 Å². The molecule has 1 aromatic rings. The van der Waals surface area contributed by atoms with Crippen molar-refractivity contribution in [3.05, 3.63) is 34.6 Å². The minimum atomic E-state index is -0.417. The third-order valence-electron chi connectivity index (χ3n) is 3.88. The summed E-state index contributed by atoms with van der Waals surface area (Å²) < 4.78 is 24.4. The van der Waals surface area contributed by atoms with Gasteiger partial charge in [-0.2, -0.15) is 0 Å². The molecule has 0 spiro atoms. The second kappa shape index (κ2) is 9.32. The summed E-state index contributed by atoms with van der Waals surface area (Å²) in [5.41, 5.74) is 0.595. The van der Waals surface area contributed by atoms with E-state index in [0.717, 1.165) is 13.0 Å². The van der Waals surface area contributed by atoms with Crippen LogP contribution in [0.1, 0.15) is 12.0 Å². The Labute approximate surface area is 147 Å². The highest BCUT2D eigenvalue weighted by Gasteiger charge is 2.28. The van der Waals surface area contributed by atoms with Crippen molar-refractivity contribution in [2.24, 2.45) is 0 Å². The Bertz CT molecular complexity index is 557. The van der Waals surface area contributed by atoms with E-state index in [1.807, 2.05) is 19.0 Å². The second-order valence-electron chi connectivity index (χ2n) is 6.16. The van der Waals surface area contributed by atoms with Crippen LogP contribution in [0, 0.1) is 5.82 Å². The number of rotatable bonds is 7. The van der Waals surface area contributed by atoms with Crippen molar-refractivity contribution in [2.75, 3.05) is 40.5 Å². The van der Waals surface area contributed by atoms with Gasteiger partial charge in [-0.1, -0.05) is 17.7 Å². The van der Waals surface area contributed by atoms with Gasteiger partial charge in [0.05, 0.1) is 31.8 Å². The number of benzene rings is 1. The van der Waals surface area contributed by atoms with E-state index in [4.69, 9.17) is 21.1 Å². The Balaban J connectivity index is 1.87. The number of amides is 1. The molecular formula is C17H24ClFN2O3. The maximum absolute atomic E-state index is 13.1. The molecule has 1 N–H and O–H groups in total. The van der Waals surface area contributed by atoms with E-state index in [0.29, 0.717) is 25.4 Å². The molecule has 1 fully saturated rings. The van der Waals surface area contributed by atoms with Crippen molar-refractivity contribution in [1.82, 2.24) is 10.2 Å². The fraction of sp³-hybridized carbons (Fsp3) is 0.588. The molecule has 2 atom stereocenters. The molecule has 0 aliphatic carbocycles. The van der Waals surface area contributed by atoms with Gasteiger partial charge < -0.3 is 19.7 Å². The number of carbonyl (C=O) groups is 1. The Kier molecular flexibility index (Phi) is 7.42. The molecule has 1 saturated heterocycles. The lowest BCUT2D eigenvalue weighted by atomic mass is 10.1. The quantitative estimate of drug-likeness (QED) is 0.808. The van der Waals surface area contributed by atoms with Gasteiger partial charge in [-0.05, 0) is 38.2 Å². The van der Waals surface area contributed by atoms with Crippen molar-refractivity contribution in [3.63, 3.8) is 0 Å². The van der Waals surface area contributed by atoms with Gasteiger partial charge in [-0.25, -0.2) is 4.39 Å². The zero-order valence-electron chi connectivity index (χ0n) is 14.1. The van der Waals surface area contributed by atoms with Gasteiger partial charge in [0.1, 0.15) is 5.82 Å². The third kappa shape index (κ3) is 6.02. The molecule has 7 heteroatoms. The molecular weight excluding hydrogens is 335 g/mol. The molecule has 0 unspecified atom stereocenters. The minimum Gasteiger partial charge on any atom is -0.379 e. The summed E-state index contributed by atoms with van der Waals surface area (Å²) in [6.45, 7) is 2.48.